The summed E-state index contributed by atoms with van der Waals surface area (Å²) in [4.78, 5) is 2.23. The van der Waals surface area contributed by atoms with Crippen molar-refractivity contribution in [2.45, 2.75) is 12.8 Å². The summed E-state index contributed by atoms with van der Waals surface area (Å²) in [6.45, 7) is 2.19. The highest BCUT2D eigenvalue weighted by molar-refractivity contribution is 5.41. The molecule has 0 saturated carbocycles. The van der Waals surface area contributed by atoms with Gasteiger partial charge in [-0.25, -0.2) is 0 Å². The Labute approximate surface area is 71.4 Å². The molecule has 12 heavy (non-hydrogen) atoms. The molecule has 2 rings (SSSR count). The molecular weight excluding hydrogens is 152 g/mol. The number of nitrogen functional groups attached to an aromatic ring is 1. The molecule has 1 aromatic rings. The van der Waals surface area contributed by atoms with E-state index in [9.17, 15) is 0 Å². The highest BCUT2D eigenvalue weighted by Gasteiger charge is 2.12. The van der Waals surface area contributed by atoms with Crippen molar-refractivity contribution in [1.29, 1.82) is 0 Å². The average molecular weight is 164 g/mol. The van der Waals surface area contributed by atoms with E-state index in [0.29, 0.717) is 5.82 Å². The molecule has 0 radical (unpaired) electrons. The minimum Gasteiger partial charge on any atom is -0.382 e. The normalized spacial score (nSPS) is 16.8. The van der Waals surface area contributed by atoms with Crippen molar-refractivity contribution in [1.82, 2.24) is 10.2 Å². The number of hydrogen-bond donors (Lipinski definition) is 1. The quantitative estimate of drug-likeness (QED) is 0.662. The minimum absolute atomic E-state index is 0.484. The number of aromatic nitrogens is 2. The van der Waals surface area contributed by atoms with E-state index < -0.39 is 0 Å². The number of nitrogens with two attached hydrogens (primary N) is 1. The third-order valence-corrected chi connectivity index (χ3v) is 2.10. The molecule has 1 saturated heterocycles. The first kappa shape index (κ1) is 7.34. The van der Waals surface area contributed by atoms with Crippen molar-refractivity contribution in [3.63, 3.8) is 0 Å². The fraction of sp³-hybridized carbons (Fsp3) is 0.500. The molecule has 0 aliphatic carbocycles. The van der Waals surface area contributed by atoms with E-state index in [1.807, 2.05) is 6.07 Å². The van der Waals surface area contributed by atoms with Gasteiger partial charge in [0.05, 0.1) is 0 Å². The number of anilines is 2. The average Bonchev–Trinajstić information content (AvgIpc) is 2.58. The Morgan fingerprint density at radius 3 is 2.50 bits per heavy atom. The van der Waals surface area contributed by atoms with Gasteiger partial charge in [-0.15, -0.1) is 10.2 Å². The summed E-state index contributed by atoms with van der Waals surface area (Å²) in [5.74, 6) is 1.43. The molecule has 4 nitrogen and oxygen atoms in total. The van der Waals surface area contributed by atoms with Crippen LogP contribution in [0.15, 0.2) is 12.1 Å². The third-order valence-electron chi connectivity index (χ3n) is 2.10. The van der Waals surface area contributed by atoms with E-state index in [4.69, 9.17) is 5.73 Å². The van der Waals surface area contributed by atoms with Crippen LogP contribution in [0.4, 0.5) is 11.6 Å². The lowest BCUT2D eigenvalue weighted by atomic mass is 10.4. The maximum Gasteiger partial charge on any atom is 0.151 e. The van der Waals surface area contributed by atoms with Crippen molar-refractivity contribution in [2.24, 2.45) is 0 Å². The first-order chi connectivity index (χ1) is 5.86. The van der Waals surface area contributed by atoms with Crippen molar-refractivity contribution in [3.8, 4) is 0 Å². The summed E-state index contributed by atoms with van der Waals surface area (Å²) in [5.41, 5.74) is 5.43. The van der Waals surface area contributed by atoms with Crippen molar-refractivity contribution in [2.75, 3.05) is 23.7 Å². The molecule has 0 aromatic carbocycles. The van der Waals surface area contributed by atoms with Crippen LogP contribution in [0, 0.1) is 0 Å². The lowest BCUT2D eigenvalue weighted by Crippen LogP contribution is -2.19. The predicted octanol–water partition coefficient (Wildman–Crippen LogP) is 0.659. The van der Waals surface area contributed by atoms with E-state index in [2.05, 4.69) is 15.1 Å². The van der Waals surface area contributed by atoms with Crippen LogP contribution >= 0.6 is 0 Å². The molecule has 1 fully saturated rings. The van der Waals surface area contributed by atoms with Gasteiger partial charge in [0, 0.05) is 13.1 Å². The Hall–Kier alpha value is -1.32. The maximum atomic E-state index is 5.43. The molecule has 0 bridgehead atoms. The van der Waals surface area contributed by atoms with Gasteiger partial charge in [0.2, 0.25) is 0 Å². The van der Waals surface area contributed by atoms with Crippen LogP contribution in [-0.4, -0.2) is 23.3 Å². The molecule has 0 atom stereocenters. The van der Waals surface area contributed by atoms with Crippen molar-refractivity contribution >= 4 is 11.6 Å². The maximum absolute atomic E-state index is 5.43. The van der Waals surface area contributed by atoms with E-state index in [0.717, 1.165) is 18.9 Å². The Morgan fingerprint density at radius 1 is 1.17 bits per heavy atom. The summed E-state index contributed by atoms with van der Waals surface area (Å²) >= 11 is 0. The van der Waals surface area contributed by atoms with Crippen LogP contribution in [0.1, 0.15) is 12.8 Å². The molecule has 0 unspecified atom stereocenters. The summed E-state index contributed by atoms with van der Waals surface area (Å²) in [5, 5.41) is 7.82. The number of nitrogens with zero attached hydrogens (tertiary/aromatic N) is 3. The molecule has 4 heteroatoms. The van der Waals surface area contributed by atoms with Crippen molar-refractivity contribution < 1.29 is 0 Å². The minimum atomic E-state index is 0.484. The Bertz CT molecular complexity index is 250. The van der Waals surface area contributed by atoms with E-state index in [1.54, 1.807) is 6.07 Å². The molecule has 0 spiro atoms. The molecule has 1 aromatic heterocycles. The highest BCUT2D eigenvalue weighted by Crippen LogP contribution is 2.16. The molecule has 0 amide bonds. The monoisotopic (exact) mass is 164 g/mol. The van der Waals surface area contributed by atoms with E-state index in [1.165, 1.54) is 12.8 Å². The standard InChI is InChI=1S/C8H12N4/c9-7-3-4-8(11-10-7)12-5-1-2-6-12/h3-4H,1-2,5-6H2,(H2,9,10). The second-order valence-electron chi connectivity index (χ2n) is 3.01. The second kappa shape index (κ2) is 2.97. The predicted molar refractivity (Wildman–Crippen MR) is 47.9 cm³/mol. The van der Waals surface area contributed by atoms with Gasteiger partial charge in [0.15, 0.2) is 5.82 Å². The first-order valence-corrected chi connectivity index (χ1v) is 4.20. The third kappa shape index (κ3) is 1.32. The van der Waals surface area contributed by atoms with E-state index >= 15 is 0 Å². The summed E-state index contributed by atoms with van der Waals surface area (Å²) in [7, 11) is 0. The molecule has 2 N–H and O–H groups in total. The SMILES string of the molecule is Nc1ccc(N2CCCC2)nn1. The number of hydrogen-bond acceptors (Lipinski definition) is 4. The van der Waals surface area contributed by atoms with Crippen molar-refractivity contribution in [3.05, 3.63) is 12.1 Å². The van der Waals surface area contributed by atoms with Crippen LogP contribution < -0.4 is 10.6 Å². The van der Waals surface area contributed by atoms with Crippen LogP contribution in [-0.2, 0) is 0 Å². The van der Waals surface area contributed by atoms with Crippen LogP contribution in [0.2, 0.25) is 0 Å². The summed E-state index contributed by atoms with van der Waals surface area (Å²) in [6.07, 6.45) is 2.51. The summed E-state index contributed by atoms with van der Waals surface area (Å²) in [6, 6.07) is 3.72. The topological polar surface area (TPSA) is 55.0 Å². The molecule has 1 aliphatic heterocycles. The van der Waals surface area contributed by atoms with Gasteiger partial charge < -0.3 is 10.6 Å². The van der Waals surface area contributed by atoms with Crippen LogP contribution in [0.5, 0.6) is 0 Å². The second-order valence-corrected chi connectivity index (χ2v) is 3.01. The first-order valence-electron chi connectivity index (χ1n) is 4.20. The zero-order valence-corrected chi connectivity index (χ0v) is 6.90. The Kier molecular flexibility index (Phi) is 1.81. The molecule has 64 valence electrons. The fourth-order valence-electron chi connectivity index (χ4n) is 1.45. The Morgan fingerprint density at radius 2 is 1.92 bits per heavy atom. The largest absolute Gasteiger partial charge is 0.382 e. The molecular formula is C8H12N4. The highest BCUT2D eigenvalue weighted by atomic mass is 15.3. The van der Waals surface area contributed by atoms with E-state index in [-0.39, 0.29) is 0 Å². The zero-order chi connectivity index (χ0) is 8.39. The number of rotatable bonds is 1. The van der Waals surface area contributed by atoms with Gasteiger partial charge in [-0.05, 0) is 25.0 Å². The van der Waals surface area contributed by atoms with Crippen LogP contribution in [0.3, 0.4) is 0 Å². The zero-order valence-electron chi connectivity index (χ0n) is 6.90. The smallest absolute Gasteiger partial charge is 0.151 e. The van der Waals surface area contributed by atoms with Gasteiger partial charge in [0.25, 0.3) is 0 Å². The fourth-order valence-corrected chi connectivity index (χ4v) is 1.45. The van der Waals surface area contributed by atoms with Gasteiger partial charge in [-0.2, -0.15) is 0 Å². The van der Waals surface area contributed by atoms with Gasteiger partial charge in [-0.1, -0.05) is 0 Å². The molecule has 1 aliphatic rings. The van der Waals surface area contributed by atoms with Crippen LogP contribution in [0.25, 0.3) is 0 Å². The van der Waals surface area contributed by atoms with Gasteiger partial charge in [0.1, 0.15) is 5.82 Å². The molecule has 2 heterocycles. The lowest BCUT2D eigenvalue weighted by Gasteiger charge is -2.14. The van der Waals surface area contributed by atoms with Gasteiger partial charge in [-0.3, -0.25) is 0 Å². The Balaban J connectivity index is 2.17. The van der Waals surface area contributed by atoms with Gasteiger partial charge >= 0.3 is 0 Å². The summed E-state index contributed by atoms with van der Waals surface area (Å²) < 4.78 is 0. The lowest BCUT2D eigenvalue weighted by molar-refractivity contribution is 0.897.